The Kier molecular flexibility index (Phi) is 7.64. The van der Waals surface area contributed by atoms with Crippen molar-refractivity contribution >= 4 is 44.5 Å². The smallest absolute Gasteiger partial charge is 0.341 e. The Labute approximate surface area is 206 Å². The van der Waals surface area contributed by atoms with Gasteiger partial charge in [-0.3, -0.25) is 0 Å². The standard InChI is InChI=1S/C23H20BrClN2O5S/c24-17-11-14(12-26-23(17)32-21-9-2-1-7-18(21)25)33(30)27-19-8-3-6-16-15(19)5-4-10-20(16)31-13-22(28)29/h1-2,4-5,7,9-12,19,27H,3,6,8,13H2,(H,28,29). The summed E-state index contributed by atoms with van der Waals surface area (Å²) in [6, 6.07) is 14.1. The molecule has 2 unspecified atom stereocenters. The summed E-state index contributed by atoms with van der Waals surface area (Å²) in [5.41, 5.74) is 1.91. The van der Waals surface area contributed by atoms with Crippen LogP contribution in [0, 0.1) is 0 Å². The molecule has 2 aromatic carbocycles. The van der Waals surface area contributed by atoms with Crippen LogP contribution in [0.4, 0.5) is 0 Å². The van der Waals surface area contributed by atoms with Crippen LogP contribution in [0.2, 0.25) is 5.02 Å². The number of aromatic nitrogens is 1. The molecule has 2 atom stereocenters. The van der Waals surface area contributed by atoms with Crippen molar-refractivity contribution in [3.8, 4) is 17.4 Å². The van der Waals surface area contributed by atoms with E-state index >= 15 is 0 Å². The van der Waals surface area contributed by atoms with E-state index in [0.717, 1.165) is 30.4 Å². The summed E-state index contributed by atoms with van der Waals surface area (Å²) in [5.74, 6) is 0.308. The van der Waals surface area contributed by atoms with Gasteiger partial charge in [-0.1, -0.05) is 35.9 Å². The molecule has 2 N–H and O–H groups in total. The number of carbonyl (C=O) groups is 1. The second-order valence-corrected chi connectivity index (χ2v) is 9.83. The number of nitrogens with one attached hydrogen (secondary N) is 1. The van der Waals surface area contributed by atoms with Crippen LogP contribution in [0.3, 0.4) is 0 Å². The van der Waals surface area contributed by atoms with Crippen molar-refractivity contribution in [2.75, 3.05) is 6.61 Å². The Hall–Kier alpha value is -2.46. The van der Waals surface area contributed by atoms with Gasteiger partial charge in [-0.2, -0.15) is 0 Å². The van der Waals surface area contributed by atoms with Crippen LogP contribution < -0.4 is 14.2 Å². The fraction of sp³-hybridized carbons (Fsp3) is 0.217. The third kappa shape index (κ3) is 5.73. The highest BCUT2D eigenvalue weighted by Crippen LogP contribution is 2.36. The normalized spacial score (nSPS) is 16.0. The molecule has 0 aliphatic heterocycles. The SMILES string of the molecule is O=C(O)COc1cccc2c1CCCC2NS(=O)c1cnc(Oc2ccccc2Cl)c(Br)c1. The molecule has 0 amide bonds. The van der Waals surface area contributed by atoms with Gasteiger partial charge >= 0.3 is 5.97 Å². The number of halogens is 2. The van der Waals surface area contributed by atoms with Gasteiger partial charge in [0, 0.05) is 12.2 Å². The Morgan fingerprint density at radius 1 is 1.24 bits per heavy atom. The highest BCUT2D eigenvalue weighted by molar-refractivity contribution is 9.10. The van der Waals surface area contributed by atoms with E-state index in [-0.39, 0.29) is 6.04 Å². The molecule has 33 heavy (non-hydrogen) atoms. The lowest BCUT2D eigenvalue weighted by molar-refractivity contribution is -0.139. The Morgan fingerprint density at radius 2 is 2.03 bits per heavy atom. The molecule has 1 heterocycles. The quantitative estimate of drug-likeness (QED) is 0.387. The number of rotatable bonds is 8. The van der Waals surface area contributed by atoms with Crippen LogP contribution in [-0.2, 0) is 22.2 Å². The van der Waals surface area contributed by atoms with E-state index in [2.05, 4.69) is 25.6 Å². The first-order valence-electron chi connectivity index (χ1n) is 10.1. The summed E-state index contributed by atoms with van der Waals surface area (Å²) >= 11 is 9.57. The first kappa shape index (κ1) is 23.7. The molecule has 3 aromatic rings. The highest BCUT2D eigenvalue weighted by Gasteiger charge is 2.25. The number of hydrogen-bond donors (Lipinski definition) is 2. The first-order chi connectivity index (χ1) is 15.9. The van der Waals surface area contributed by atoms with Crippen LogP contribution in [0.15, 0.2) is 64.1 Å². The minimum Gasteiger partial charge on any atom is -0.482 e. The van der Waals surface area contributed by atoms with E-state index in [1.54, 1.807) is 30.3 Å². The summed E-state index contributed by atoms with van der Waals surface area (Å²) in [4.78, 5) is 15.7. The minimum absolute atomic E-state index is 0.166. The van der Waals surface area contributed by atoms with Crippen molar-refractivity contribution in [1.82, 2.24) is 9.71 Å². The molecule has 4 rings (SSSR count). The van der Waals surface area contributed by atoms with E-state index < -0.39 is 23.6 Å². The van der Waals surface area contributed by atoms with Crippen molar-refractivity contribution < 1.29 is 23.6 Å². The molecule has 0 fully saturated rings. The summed E-state index contributed by atoms with van der Waals surface area (Å²) in [7, 11) is -1.53. The van der Waals surface area contributed by atoms with Gasteiger partial charge < -0.3 is 14.6 Å². The summed E-state index contributed by atoms with van der Waals surface area (Å²) in [6.07, 6.45) is 3.93. The molecule has 1 aliphatic rings. The van der Waals surface area contributed by atoms with E-state index in [9.17, 15) is 9.00 Å². The van der Waals surface area contributed by atoms with E-state index in [1.165, 1.54) is 6.20 Å². The molecule has 0 saturated heterocycles. The summed E-state index contributed by atoms with van der Waals surface area (Å²) in [6.45, 7) is -0.400. The third-order valence-corrected chi connectivity index (χ3v) is 7.13. The molecule has 10 heteroatoms. The average molecular weight is 552 g/mol. The number of aliphatic carboxylic acids is 1. The average Bonchev–Trinajstić information content (AvgIpc) is 2.80. The zero-order chi connectivity index (χ0) is 23.4. The molecule has 0 saturated carbocycles. The van der Waals surface area contributed by atoms with Gasteiger partial charge in [-0.15, -0.1) is 0 Å². The molecule has 7 nitrogen and oxygen atoms in total. The fourth-order valence-corrected chi connectivity index (χ4v) is 5.39. The topological polar surface area (TPSA) is 97.8 Å². The van der Waals surface area contributed by atoms with Gasteiger partial charge in [0.25, 0.3) is 0 Å². The Morgan fingerprint density at radius 3 is 2.79 bits per heavy atom. The molecule has 0 spiro atoms. The highest BCUT2D eigenvalue weighted by atomic mass is 79.9. The zero-order valence-corrected chi connectivity index (χ0v) is 20.5. The van der Waals surface area contributed by atoms with Crippen molar-refractivity contribution in [2.24, 2.45) is 0 Å². The number of benzene rings is 2. The number of pyridine rings is 1. The Balaban J connectivity index is 1.49. The third-order valence-electron chi connectivity index (χ3n) is 5.10. The van der Waals surface area contributed by atoms with Crippen molar-refractivity contribution in [1.29, 1.82) is 0 Å². The first-order valence-corrected chi connectivity index (χ1v) is 12.5. The number of para-hydroxylation sites is 1. The van der Waals surface area contributed by atoms with Crippen molar-refractivity contribution in [3.63, 3.8) is 0 Å². The Bertz CT molecular complexity index is 1210. The van der Waals surface area contributed by atoms with Gasteiger partial charge in [0.1, 0.15) is 22.5 Å². The molecule has 1 aromatic heterocycles. The van der Waals surface area contributed by atoms with Crippen LogP contribution in [-0.4, -0.2) is 26.9 Å². The lowest BCUT2D eigenvalue weighted by Crippen LogP contribution is -2.27. The molecule has 0 bridgehead atoms. The maximum absolute atomic E-state index is 13.1. The predicted molar refractivity (Wildman–Crippen MR) is 128 cm³/mol. The van der Waals surface area contributed by atoms with Gasteiger partial charge in [-0.25, -0.2) is 18.7 Å². The predicted octanol–water partition coefficient (Wildman–Crippen LogP) is 5.44. The maximum Gasteiger partial charge on any atom is 0.341 e. The van der Waals surface area contributed by atoms with Crippen LogP contribution in [0.1, 0.15) is 30.0 Å². The van der Waals surface area contributed by atoms with Crippen molar-refractivity contribution in [3.05, 3.63) is 75.4 Å². The molecule has 172 valence electrons. The summed E-state index contributed by atoms with van der Waals surface area (Å²) in [5, 5.41) is 9.37. The number of nitrogens with zero attached hydrogens (tertiary/aromatic N) is 1. The molecular weight excluding hydrogens is 532 g/mol. The maximum atomic E-state index is 13.1. The number of fused-ring (bicyclic) bond motifs is 1. The lowest BCUT2D eigenvalue weighted by Gasteiger charge is -2.27. The monoisotopic (exact) mass is 550 g/mol. The largest absolute Gasteiger partial charge is 0.482 e. The minimum atomic E-state index is -1.53. The van der Waals surface area contributed by atoms with E-state index in [0.29, 0.717) is 31.8 Å². The molecular formula is C23H20BrClN2O5S. The van der Waals surface area contributed by atoms with Crippen LogP contribution in [0.5, 0.6) is 17.4 Å². The van der Waals surface area contributed by atoms with Gasteiger partial charge in [0.05, 0.1) is 14.4 Å². The van der Waals surface area contributed by atoms with E-state index in [1.807, 2.05) is 18.2 Å². The van der Waals surface area contributed by atoms with Crippen molar-refractivity contribution in [2.45, 2.75) is 30.2 Å². The van der Waals surface area contributed by atoms with Gasteiger partial charge in [-0.05, 0) is 70.6 Å². The zero-order valence-electron chi connectivity index (χ0n) is 17.3. The van der Waals surface area contributed by atoms with Crippen LogP contribution >= 0.6 is 27.5 Å². The second-order valence-electron chi connectivity index (χ2n) is 7.33. The molecule has 0 radical (unpaired) electrons. The fourth-order valence-electron chi connectivity index (χ4n) is 3.63. The van der Waals surface area contributed by atoms with Gasteiger partial charge in [0.15, 0.2) is 6.61 Å². The second kappa shape index (κ2) is 10.6. The number of carboxylic acids is 1. The number of ether oxygens (including phenoxy) is 2. The van der Waals surface area contributed by atoms with Gasteiger partial charge in [0.2, 0.25) is 5.88 Å². The van der Waals surface area contributed by atoms with E-state index in [4.69, 9.17) is 26.2 Å². The number of carboxylic acid groups (broad SMARTS) is 1. The van der Waals surface area contributed by atoms with Crippen LogP contribution in [0.25, 0.3) is 0 Å². The summed E-state index contributed by atoms with van der Waals surface area (Å²) < 4.78 is 28.0. The molecule has 1 aliphatic carbocycles. The lowest BCUT2D eigenvalue weighted by atomic mass is 9.87. The number of hydrogen-bond acceptors (Lipinski definition) is 5.